The third kappa shape index (κ3) is 2.61. The lowest BCUT2D eigenvalue weighted by molar-refractivity contribution is 0.0701. The van der Waals surface area contributed by atoms with Crippen LogP contribution in [-0.2, 0) is 0 Å². The van der Waals surface area contributed by atoms with Gasteiger partial charge in [0, 0.05) is 24.5 Å². The van der Waals surface area contributed by atoms with Crippen LogP contribution < -0.4 is 5.73 Å². The maximum atomic E-state index is 13.4. The van der Waals surface area contributed by atoms with Crippen LogP contribution in [0, 0.1) is 12.8 Å². The van der Waals surface area contributed by atoms with Gasteiger partial charge in [-0.3, -0.25) is 4.79 Å². The smallest absolute Gasteiger partial charge is 0.274 e. The molecule has 1 aromatic carbocycles. The van der Waals surface area contributed by atoms with E-state index in [9.17, 15) is 4.79 Å². The summed E-state index contributed by atoms with van der Waals surface area (Å²) < 4.78 is 0. The molecule has 3 atom stereocenters. The molecular formula is C20H23N3OS. The monoisotopic (exact) mass is 353 g/mol. The first-order valence-corrected chi connectivity index (χ1v) is 10.1. The van der Waals surface area contributed by atoms with Gasteiger partial charge in [-0.25, -0.2) is 4.98 Å². The van der Waals surface area contributed by atoms with E-state index in [1.54, 1.807) is 11.3 Å². The number of rotatable bonds is 4. The quantitative estimate of drug-likeness (QED) is 0.914. The second-order valence-corrected chi connectivity index (χ2v) is 8.80. The molecule has 2 N–H and O–H groups in total. The Bertz CT molecular complexity index is 824. The first-order chi connectivity index (χ1) is 12.2. The van der Waals surface area contributed by atoms with Crippen LogP contribution in [0.25, 0.3) is 10.4 Å². The van der Waals surface area contributed by atoms with Crippen LogP contribution in [0.4, 0.5) is 0 Å². The fraction of sp³-hybridized carbons (Fsp3) is 0.500. The summed E-state index contributed by atoms with van der Waals surface area (Å²) in [6, 6.07) is 9.03. The molecule has 0 bridgehead atoms. The average Bonchev–Trinajstić information content (AvgIpc) is 3.54. The number of hydrogen-bond acceptors (Lipinski definition) is 4. The van der Waals surface area contributed by atoms with E-state index in [0.717, 1.165) is 28.3 Å². The van der Waals surface area contributed by atoms with Gasteiger partial charge in [-0.2, -0.15) is 0 Å². The van der Waals surface area contributed by atoms with Crippen molar-refractivity contribution in [2.75, 3.05) is 6.54 Å². The van der Waals surface area contributed by atoms with E-state index >= 15 is 0 Å². The van der Waals surface area contributed by atoms with Crippen LogP contribution in [0.5, 0.6) is 0 Å². The van der Waals surface area contributed by atoms with Crippen molar-refractivity contribution in [3.8, 4) is 10.4 Å². The normalized spacial score (nSPS) is 27.4. The van der Waals surface area contributed by atoms with Gasteiger partial charge in [0.1, 0.15) is 5.69 Å². The predicted octanol–water partition coefficient (Wildman–Crippen LogP) is 3.56. The van der Waals surface area contributed by atoms with Gasteiger partial charge in [-0.1, -0.05) is 29.8 Å². The Morgan fingerprint density at radius 3 is 2.72 bits per heavy atom. The highest BCUT2D eigenvalue weighted by molar-refractivity contribution is 7.15. The van der Waals surface area contributed by atoms with E-state index < -0.39 is 0 Å². The number of thiazole rings is 1. The van der Waals surface area contributed by atoms with Gasteiger partial charge in [0.25, 0.3) is 5.91 Å². The largest absolute Gasteiger partial charge is 0.330 e. The van der Waals surface area contributed by atoms with Gasteiger partial charge in [0.2, 0.25) is 0 Å². The van der Waals surface area contributed by atoms with Crippen LogP contribution in [0.3, 0.4) is 0 Å². The van der Waals surface area contributed by atoms with Crippen LogP contribution in [0.15, 0.2) is 24.3 Å². The molecule has 5 heteroatoms. The molecule has 4 nitrogen and oxygen atoms in total. The summed E-state index contributed by atoms with van der Waals surface area (Å²) in [5, 5.41) is 1.13. The van der Waals surface area contributed by atoms with Crippen molar-refractivity contribution in [2.24, 2.45) is 11.7 Å². The van der Waals surface area contributed by atoms with Crippen molar-refractivity contribution in [1.29, 1.82) is 0 Å². The van der Waals surface area contributed by atoms with E-state index in [-0.39, 0.29) is 11.9 Å². The number of carbonyl (C=O) groups excluding carboxylic acids is 1. The average molecular weight is 353 g/mol. The van der Waals surface area contributed by atoms with Crippen molar-refractivity contribution in [2.45, 2.75) is 50.6 Å². The molecule has 130 valence electrons. The van der Waals surface area contributed by atoms with E-state index in [4.69, 9.17) is 10.7 Å². The van der Waals surface area contributed by atoms with Gasteiger partial charge < -0.3 is 10.6 Å². The van der Waals surface area contributed by atoms with E-state index in [0.29, 0.717) is 30.1 Å². The minimum absolute atomic E-state index is 0.0965. The SMILES string of the molecule is Cc1ccc(-c2sc(C3CC3)nc2C(=O)N2[C@H](CN)C[C@@H]3C[C@@H]32)cc1. The van der Waals surface area contributed by atoms with Crippen LogP contribution >= 0.6 is 11.3 Å². The maximum absolute atomic E-state index is 13.4. The van der Waals surface area contributed by atoms with Gasteiger partial charge in [-0.15, -0.1) is 11.3 Å². The Morgan fingerprint density at radius 1 is 1.28 bits per heavy atom. The van der Waals surface area contributed by atoms with Crippen molar-refractivity contribution in [3.05, 3.63) is 40.5 Å². The molecular weight excluding hydrogens is 330 g/mol. The lowest BCUT2D eigenvalue weighted by atomic mass is 10.1. The number of likely N-dealkylation sites (tertiary alicyclic amines) is 1. The number of carbonyl (C=O) groups is 1. The summed E-state index contributed by atoms with van der Waals surface area (Å²) >= 11 is 1.71. The molecule has 0 radical (unpaired) electrons. The molecule has 2 heterocycles. The highest BCUT2D eigenvalue weighted by Crippen LogP contribution is 2.49. The molecule has 25 heavy (non-hydrogen) atoms. The number of piperidine rings is 1. The van der Waals surface area contributed by atoms with Crippen LogP contribution in [0.2, 0.25) is 0 Å². The Labute approximate surface area is 152 Å². The number of aryl methyl sites for hydroxylation is 1. The Balaban J connectivity index is 1.55. The zero-order chi connectivity index (χ0) is 17.1. The zero-order valence-corrected chi connectivity index (χ0v) is 15.3. The molecule has 1 saturated heterocycles. The predicted molar refractivity (Wildman–Crippen MR) is 99.8 cm³/mol. The van der Waals surface area contributed by atoms with Crippen molar-refractivity contribution >= 4 is 17.2 Å². The summed E-state index contributed by atoms with van der Waals surface area (Å²) in [4.78, 5) is 21.3. The Kier molecular flexibility index (Phi) is 3.51. The number of amides is 1. The number of nitrogens with two attached hydrogens (primary N) is 1. The summed E-state index contributed by atoms with van der Waals surface area (Å²) in [5.74, 6) is 1.33. The molecule has 1 aliphatic heterocycles. The van der Waals surface area contributed by atoms with Gasteiger partial charge in [0.15, 0.2) is 0 Å². The molecule has 3 fully saturated rings. The molecule has 2 aromatic rings. The van der Waals surface area contributed by atoms with Gasteiger partial charge in [-0.05, 0) is 44.1 Å². The number of fused-ring (bicyclic) bond motifs is 1. The molecule has 0 unspecified atom stereocenters. The fourth-order valence-electron chi connectivity index (χ4n) is 4.10. The molecule has 5 rings (SSSR count). The molecule has 2 aliphatic carbocycles. The minimum atomic E-state index is 0.0965. The van der Waals surface area contributed by atoms with Crippen LogP contribution in [0.1, 0.15) is 52.7 Å². The standard InChI is InChI=1S/C20H23N3OS/c1-11-2-4-12(5-3-11)18-17(22-19(25-18)13-6-7-13)20(24)23-15(10-21)8-14-9-16(14)23/h2-5,13-16H,6-10,21H2,1H3/t14-,15+,16+/m1/s1. The summed E-state index contributed by atoms with van der Waals surface area (Å²) in [5.41, 5.74) is 8.93. The molecule has 1 amide bonds. The number of hydrogen-bond donors (Lipinski definition) is 1. The lowest BCUT2D eigenvalue weighted by Crippen LogP contribution is -2.42. The molecule has 3 aliphatic rings. The highest BCUT2D eigenvalue weighted by atomic mass is 32.1. The van der Waals surface area contributed by atoms with Crippen LogP contribution in [-0.4, -0.2) is 34.4 Å². The molecule has 1 aromatic heterocycles. The maximum Gasteiger partial charge on any atom is 0.274 e. The van der Waals surface area contributed by atoms with E-state index in [2.05, 4.69) is 31.2 Å². The van der Waals surface area contributed by atoms with E-state index in [1.807, 2.05) is 4.90 Å². The third-order valence-electron chi connectivity index (χ3n) is 5.80. The van der Waals surface area contributed by atoms with Crippen molar-refractivity contribution < 1.29 is 4.79 Å². The first-order valence-electron chi connectivity index (χ1n) is 9.26. The fourth-order valence-corrected chi connectivity index (χ4v) is 5.33. The Morgan fingerprint density at radius 2 is 2.04 bits per heavy atom. The summed E-state index contributed by atoms with van der Waals surface area (Å²) in [6.07, 6.45) is 4.61. The third-order valence-corrected chi connectivity index (χ3v) is 7.07. The lowest BCUT2D eigenvalue weighted by Gasteiger charge is -2.26. The van der Waals surface area contributed by atoms with Crippen molar-refractivity contribution in [3.63, 3.8) is 0 Å². The second-order valence-electron chi connectivity index (χ2n) is 7.77. The molecule has 0 spiro atoms. The zero-order valence-electron chi connectivity index (χ0n) is 14.4. The Hall–Kier alpha value is -1.72. The van der Waals surface area contributed by atoms with Gasteiger partial charge >= 0.3 is 0 Å². The summed E-state index contributed by atoms with van der Waals surface area (Å²) in [7, 11) is 0. The minimum Gasteiger partial charge on any atom is -0.330 e. The highest BCUT2D eigenvalue weighted by Gasteiger charge is 2.54. The van der Waals surface area contributed by atoms with Crippen molar-refractivity contribution in [1.82, 2.24) is 9.88 Å². The summed E-state index contributed by atoms with van der Waals surface area (Å²) in [6.45, 7) is 2.64. The topological polar surface area (TPSA) is 59.2 Å². The molecule has 2 saturated carbocycles. The second kappa shape index (κ2) is 5.64. The van der Waals surface area contributed by atoms with E-state index in [1.165, 1.54) is 18.4 Å². The number of aromatic nitrogens is 1. The number of nitrogens with zero attached hydrogens (tertiary/aromatic N) is 2. The first kappa shape index (κ1) is 15.5. The number of benzene rings is 1. The van der Waals surface area contributed by atoms with Gasteiger partial charge in [0.05, 0.1) is 9.88 Å².